The average Bonchev–Trinajstić information content (AvgIpc) is 2.94. The number of carbonyl (C=O) groups is 1. The van der Waals surface area contributed by atoms with Crippen LogP contribution in [0.15, 0.2) is 40.9 Å². The highest BCUT2D eigenvalue weighted by Gasteiger charge is 2.16. The fourth-order valence-electron chi connectivity index (χ4n) is 2.13. The molecule has 0 spiro atoms. The summed E-state index contributed by atoms with van der Waals surface area (Å²) in [7, 11) is 0. The Bertz CT molecular complexity index is 913. The molecule has 2 N–H and O–H groups in total. The van der Waals surface area contributed by atoms with Crippen molar-refractivity contribution >= 4 is 61.9 Å². The zero-order valence-electron chi connectivity index (χ0n) is 12.4. The van der Waals surface area contributed by atoms with Gasteiger partial charge in [-0.3, -0.25) is 5.32 Å². The second-order valence-corrected chi connectivity index (χ2v) is 6.82. The lowest BCUT2D eigenvalue weighted by atomic mass is 10.3. The van der Waals surface area contributed by atoms with Gasteiger partial charge in [0.1, 0.15) is 5.82 Å². The first-order valence-corrected chi connectivity index (χ1v) is 8.55. The van der Waals surface area contributed by atoms with E-state index in [4.69, 9.17) is 27.9 Å². The minimum Gasteiger partial charge on any atom is -0.438 e. The lowest BCUT2D eigenvalue weighted by molar-refractivity contribution is 0.117. The predicted molar refractivity (Wildman–Crippen MR) is 98.8 cm³/mol. The van der Waals surface area contributed by atoms with E-state index in [2.05, 4.69) is 31.2 Å². The monoisotopic (exact) mass is 427 g/mol. The highest BCUT2D eigenvalue weighted by molar-refractivity contribution is 9.10. The van der Waals surface area contributed by atoms with E-state index in [1.54, 1.807) is 25.1 Å². The van der Waals surface area contributed by atoms with E-state index in [1.807, 2.05) is 18.2 Å². The maximum atomic E-state index is 12.0. The molecule has 24 heavy (non-hydrogen) atoms. The van der Waals surface area contributed by atoms with Crippen LogP contribution in [-0.4, -0.2) is 16.1 Å². The number of benzene rings is 2. The van der Waals surface area contributed by atoms with Crippen molar-refractivity contribution in [3.63, 3.8) is 0 Å². The van der Waals surface area contributed by atoms with Crippen LogP contribution in [0.1, 0.15) is 18.9 Å². The number of carbonyl (C=O) groups excluding carboxylic acids is 1. The zero-order chi connectivity index (χ0) is 17.3. The number of amides is 1. The van der Waals surface area contributed by atoms with E-state index in [0.717, 1.165) is 15.5 Å². The number of hydrogen-bond donors (Lipinski definition) is 2. The Hall–Kier alpha value is -1.76. The van der Waals surface area contributed by atoms with Crippen molar-refractivity contribution in [1.82, 2.24) is 9.97 Å². The molecule has 124 valence electrons. The smallest absolute Gasteiger partial charge is 0.412 e. The van der Waals surface area contributed by atoms with E-state index < -0.39 is 12.2 Å². The number of anilines is 1. The summed E-state index contributed by atoms with van der Waals surface area (Å²) in [5.74, 6) is 0.562. The molecule has 0 aliphatic rings. The van der Waals surface area contributed by atoms with Gasteiger partial charge < -0.3 is 9.72 Å². The lowest BCUT2D eigenvalue weighted by Gasteiger charge is -2.12. The third-order valence-corrected chi connectivity index (χ3v) is 4.53. The van der Waals surface area contributed by atoms with Crippen molar-refractivity contribution in [2.24, 2.45) is 0 Å². The van der Waals surface area contributed by atoms with Crippen molar-refractivity contribution in [2.75, 3.05) is 5.32 Å². The number of fused-ring (bicyclic) bond motifs is 1. The van der Waals surface area contributed by atoms with Crippen LogP contribution < -0.4 is 5.32 Å². The summed E-state index contributed by atoms with van der Waals surface area (Å²) in [6.45, 7) is 1.74. The van der Waals surface area contributed by atoms with Crippen LogP contribution in [0.2, 0.25) is 10.0 Å². The molecule has 1 amide bonds. The third-order valence-electron chi connectivity index (χ3n) is 3.30. The molecule has 0 aliphatic carbocycles. The quantitative estimate of drug-likeness (QED) is 0.542. The highest BCUT2D eigenvalue weighted by atomic mass is 79.9. The second kappa shape index (κ2) is 7.01. The van der Waals surface area contributed by atoms with Crippen molar-refractivity contribution in [3.8, 4) is 0 Å². The van der Waals surface area contributed by atoms with Crippen molar-refractivity contribution in [2.45, 2.75) is 13.0 Å². The van der Waals surface area contributed by atoms with Gasteiger partial charge in [0, 0.05) is 10.2 Å². The minimum absolute atomic E-state index is 0.352. The lowest BCUT2D eigenvalue weighted by Crippen LogP contribution is -2.16. The summed E-state index contributed by atoms with van der Waals surface area (Å²) in [5.41, 5.74) is 2.16. The average molecular weight is 429 g/mol. The number of aromatic amines is 1. The standard InChI is InChI=1S/C16H12BrCl2N3O2/c1-8(15-21-13-5-2-9(17)6-14(13)22-15)24-16(23)20-10-3-4-11(18)12(19)7-10/h2-8H,1H3,(H,20,23)(H,21,22)/t8-/m0/s1. The molecule has 0 bridgehead atoms. The number of rotatable bonds is 3. The van der Waals surface area contributed by atoms with Gasteiger partial charge in [0.15, 0.2) is 6.10 Å². The SMILES string of the molecule is C[C@H](OC(=O)Nc1ccc(Cl)c(Cl)c1)c1nc2ccc(Br)cc2[nH]1. The summed E-state index contributed by atoms with van der Waals surface area (Å²) >= 11 is 15.2. The Kier molecular flexibility index (Phi) is 4.99. The van der Waals surface area contributed by atoms with Crippen LogP contribution in [0.25, 0.3) is 11.0 Å². The topological polar surface area (TPSA) is 67.0 Å². The Labute approximate surface area is 156 Å². The van der Waals surface area contributed by atoms with Gasteiger partial charge in [-0.1, -0.05) is 39.1 Å². The minimum atomic E-state index is -0.609. The van der Waals surface area contributed by atoms with E-state index in [1.165, 1.54) is 0 Å². The maximum Gasteiger partial charge on any atom is 0.412 e. The number of imidazole rings is 1. The molecule has 0 saturated heterocycles. The number of halogens is 3. The van der Waals surface area contributed by atoms with Gasteiger partial charge in [0.05, 0.1) is 21.1 Å². The molecular weight excluding hydrogens is 417 g/mol. The van der Waals surface area contributed by atoms with Gasteiger partial charge in [-0.2, -0.15) is 0 Å². The third kappa shape index (κ3) is 3.83. The Morgan fingerprint density at radius 2 is 2.04 bits per heavy atom. The van der Waals surface area contributed by atoms with Gasteiger partial charge in [0.2, 0.25) is 0 Å². The fraction of sp³-hybridized carbons (Fsp3) is 0.125. The molecule has 8 heteroatoms. The summed E-state index contributed by atoms with van der Waals surface area (Å²) < 4.78 is 6.28. The van der Waals surface area contributed by atoms with Crippen LogP contribution in [0.4, 0.5) is 10.5 Å². The van der Waals surface area contributed by atoms with E-state index >= 15 is 0 Å². The molecule has 5 nitrogen and oxygen atoms in total. The van der Waals surface area contributed by atoms with Crippen molar-refractivity contribution in [3.05, 3.63) is 56.7 Å². The van der Waals surface area contributed by atoms with Crippen LogP contribution in [0.5, 0.6) is 0 Å². The molecule has 3 aromatic rings. The number of hydrogen-bond acceptors (Lipinski definition) is 3. The fourth-order valence-corrected chi connectivity index (χ4v) is 2.79. The number of nitrogens with one attached hydrogen (secondary N) is 2. The molecule has 1 heterocycles. The van der Waals surface area contributed by atoms with E-state index in [9.17, 15) is 4.79 Å². The molecule has 3 rings (SSSR count). The van der Waals surface area contributed by atoms with Crippen LogP contribution in [0.3, 0.4) is 0 Å². The first-order chi connectivity index (χ1) is 11.4. The van der Waals surface area contributed by atoms with E-state index in [-0.39, 0.29) is 0 Å². The van der Waals surface area contributed by atoms with Crippen LogP contribution >= 0.6 is 39.1 Å². The summed E-state index contributed by atoms with van der Waals surface area (Å²) in [6, 6.07) is 10.5. The molecule has 0 radical (unpaired) electrons. The van der Waals surface area contributed by atoms with Crippen LogP contribution in [0, 0.1) is 0 Å². The molecule has 1 aromatic heterocycles. The zero-order valence-corrected chi connectivity index (χ0v) is 15.5. The number of nitrogens with zero attached hydrogens (tertiary/aromatic N) is 1. The molecule has 0 fully saturated rings. The van der Waals surface area contributed by atoms with Gasteiger partial charge in [0.25, 0.3) is 0 Å². The van der Waals surface area contributed by atoms with Gasteiger partial charge >= 0.3 is 6.09 Å². The molecule has 0 aliphatic heterocycles. The Morgan fingerprint density at radius 3 is 2.79 bits per heavy atom. The largest absolute Gasteiger partial charge is 0.438 e. The van der Waals surface area contributed by atoms with Gasteiger partial charge in [-0.25, -0.2) is 9.78 Å². The first-order valence-electron chi connectivity index (χ1n) is 7.00. The summed E-state index contributed by atoms with van der Waals surface area (Å²) in [6.07, 6.45) is -1.15. The number of ether oxygens (including phenoxy) is 1. The second-order valence-electron chi connectivity index (χ2n) is 5.08. The maximum absolute atomic E-state index is 12.0. The van der Waals surface area contributed by atoms with Crippen molar-refractivity contribution < 1.29 is 9.53 Å². The molecule has 1 atom stereocenters. The predicted octanol–water partition coefficient (Wildman–Crippen LogP) is 5.94. The highest BCUT2D eigenvalue weighted by Crippen LogP contribution is 2.26. The van der Waals surface area contributed by atoms with E-state index in [0.29, 0.717) is 21.6 Å². The van der Waals surface area contributed by atoms with Gasteiger partial charge in [-0.05, 0) is 43.3 Å². The Morgan fingerprint density at radius 1 is 1.25 bits per heavy atom. The van der Waals surface area contributed by atoms with Gasteiger partial charge in [-0.15, -0.1) is 0 Å². The Balaban J connectivity index is 1.69. The van der Waals surface area contributed by atoms with Crippen molar-refractivity contribution in [1.29, 1.82) is 0 Å². The summed E-state index contributed by atoms with van der Waals surface area (Å²) in [5, 5.41) is 3.37. The number of H-pyrrole nitrogens is 1. The summed E-state index contributed by atoms with van der Waals surface area (Å²) in [4.78, 5) is 19.6. The first kappa shape index (κ1) is 17.1. The number of aromatic nitrogens is 2. The molecular formula is C16H12BrCl2N3O2. The molecule has 0 unspecified atom stereocenters. The van der Waals surface area contributed by atoms with Crippen LogP contribution in [-0.2, 0) is 4.74 Å². The normalized spacial score (nSPS) is 12.2. The molecule has 0 saturated carbocycles. The molecule has 2 aromatic carbocycles.